The number of nitrogens with one attached hydrogen (secondary N) is 2. The number of nitrogen functional groups attached to an aromatic ring is 1. The first kappa shape index (κ1) is 14.5. The molecule has 6 heteroatoms. The Balaban J connectivity index is 1.98. The molecule has 106 valence electrons. The number of para-hydroxylation sites is 1. The standard InChI is InChI=1S/C14H18N4OS/c1-8-5-4-6-11(13(8)15)20-7-12(19)16-14-9(2)17-18-10(14)3/h4-6H,7,15H2,1-3H3,(H,16,19)(H,17,18). The topological polar surface area (TPSA) is 83.8 Å². The van der Waals surface area contributed by atoms with Gasteiger partial charge in [0.2, 0.25) is 5.91 Å². The zero-order valence-electron chi connectivity index (χ0n) is 11.8. The maximum Gasteiger partial charge on any atom is 0.234 e. The van der Waals surface area contributed by atoms with Gasteiger partial charge in [-0.15, -0.1) is 11.8 Å². The average Bonchev–Trinajstić information content (AvgIpc) is 2.72. The minimum absolute atomic E-state index is 0.0662. The molecule has 0 aliphatic rings. The first-order valence-corrected chi connectivity index (χ1v) is 7.27. The van der Waals surface area contributed by atoms with Gasteiger partial charge in [-0.2, -0.15) is 5.10 Å². The lowest BCUT2D eigenvalue weighted by atomic mass is 10.2. The van der Waals surface area contributed by atoms with Gasteiger partial charge >= 0.3 is 0 Å². The highest BCUT2D eigenvalue weighted by atomic mass is 32.2. The van der Waals surface area contributed by atoms with Crippen molar-refractivity contribution in [3.63, 3.8) is 0 Å². The number of amides is 1. The molecular weight excluding hydrogens is 272 g/mol. The second-order valence-corrected chi connectivity index (χ2v) is 5.65. The molecule has 5 nitrogen and oxygen atoms in total. The molecule has 1 aromatic carbocycles. The van der Waals surface area contributed by atoms with E-state index in [-0.39, 0.29) is 5.91 Å². The van der Waals surface area contributed by atoms with Gasteiger partial charge in [0.15, 0.2) is 0 Å². The first-order valence-electron chi connectivity index (χ1n) is 6.28. The number of nitrogens with two attached hydrogens (primary N) is 1. The summed E-state index contributed by atoms with van der Waals surface area (Å²) in [7, 11) is 0. The van der Waals surface area contributed by atoms with Crippen molar-refractivity contribution in [3.05, 3.63) is 35.2 Å². The summed E-state index contributed by atoms with van der Waals surface area (Å²) in [6.45, 7) is 5.68. The summed E-state index contributed by atoms with van der Waals surface area (Å²) in [5.74, 6) is 0.251. The van der Waals surface area contributed by atoms with Gasteiger partial charge in [0, 0.05) is 10.6 Å². The molecule has 0 atom stereocenters. The average molecular weight is 290 g/mol. The number of carbonyl (C=O) groups is 1. The number of aromatic amines is 1. The number of aryl methyl sites for hydroxylation is 3. The van der Waals surface area contributed by atoms with E-state index < -0.39 is 0 Å². The number of thioether (sulfide) groups is 1. The molecule has 2 rings (SSSR count). The van der Waals surface area contributed by atoms with E-state index in [0.29, 0.717) is 5.75 Å². The summed E-state index contributed by atoms with van der Waals surface area (Å²) in [5, 5.41) is 9.76. The number of aromatic nitrogens is 2. The van der Waals surface area contributed by atoms with Crippen LogP contribution in [0, 0.1) is 20.8 Å². The van der Waals surface area contributed by atoms with E-state index in [1.807, 2.05) is 39.0 Å². The summed E-state index contributed by atoms with van der Waals surface area (Å²) < 4.78 is 0. The molecule has 0 aliphatic carbocycles. The molecule has 1 aromatic heterocycles. The summed E-state index contributed by atoms with van der Waals surface area (Å²) >= 11 is 1.44. The molecule has 0 spiro atoms. The van der Waals surface area contributed by atoms with Gasteiger partial charge in [-0.25, -0.2) is 0 Å². The maximum atomic E-state index is 12.0. The number of benzene rings is 1. The SMILES string of the molecule is Cc1cccc(SCC(=O)Nc2c(C)n[nH]c2C)c1N. The number of nitrogens with zero attached hydrogens (tertiary/aromatic N) is 1. The largest absolute Gasteiger partial charge is 0.398 e. The second-order valence-electron chi connectivity index (χ2n) is 4.63. The lowest BCUT2D eigenvalue weighted by molar-refractivity contribution is -0.113. The Morgan fingerprint density at radius 3 is 2.80 bits per heavy atom. The summed E-state index contributed by atoms with van der Waals surface area (Å²) in [4.78, 5) is 12.9. The van der Waals surface area contributed by atoms with Gasteiger partial charge in [0.1, 0.15) is 0 Å². The van der Waals surface area contributed by atoms with Gasteiger partial charge in [-0.1, -0.05) is 12.1 Å². The van der Waals surface area contributed by atoms with Gasteiger partial charge in [-0.05, 0) is 32.4 Å². The van der Waals surface area contributed by atoms with Crippen LogP contribution in [0.25, 0.3) is 0 Å². The number of carbonyl (C=O) groups excluding carboxylic acids is 1. The molecule has 0 saturated heterocycles. The Morgan fingerprint density at radius 2 is 2.15 bits per heavy atom. The van der Waals surface area contributed by atoms with Crippen LogP contribution in [0.3, 0.4) is 0 Å². The summed E-state index contributed by atoms with van der Waals surface area (Å²) in [6, 6.07) is 5.82. The zero-order chi connectivity index (χ0) is 14.7. The maximum absolute atomic E-state index is 12.0. The highest BCUT2D eigenvalue weighted by Crippen LogP contribution is 2.27. The predicted molar refractivity (Wildman–Crippen MR) is 83.0 cm³/mol. The van der Waals surface area contributed by atoms with Crippen molar-refractivity contribution < 1.29 is 4.79 Å². The molecule has 4 N–H and O–H groups in total. The van der Waals surface area contributed by atoms with Crippen LogP contribution in [0.1, 0.15) is 17.0 Å². The van der Waals surface area contributed by atoms with Crippen LogP contribution in [0.4, 0.5) is 11.4 Å². The molecule has 0 saturated carbocycles. The minimum Gasteiger partial charge on any atom is -0.398 e. The van der Waals surface area contributed by atoms with Crippen molar-refractivity contribution in [1.82, 2.24) is 10.2 Å². The van der Waals surface area contributed by atoms with Crippen LogP contribution in [-0.4, -0.2) is 21.9 Å². The van der Waals surface area contributed by atoms with Crippen molar-refractivity contribution in [2.45, 2.75) is 25.7 Å². The lowest BCUT2D eigenvalue weighted by Gasteiger charge is -2.08. The number of hydrogen-bond acceptors (Lipinski definition) is 4. The normalized spacial score (nSPS) is 10.6. The second kappa shape index (κ2) is 6.00. The van der Waals surface area contributed by atoms with E-state index in [2.05, 4.69) is 15.5 Å². The molecule has 0 radical (unpaired) electrons. The smallest absolute Gasteiger partial charge is 0.234 e. The lowest BCUT2D eigenvalue weighted by Crippen LogP contribution is -2.15. The van der Waals surface area contributed by atoms with E-state index in [9.17, 15) is 4.79 Å². The zero-order valence-corrected chi connectivity index (χ0v) is 12.6. The third-order valence-corrected chi connectivity index (χ3v) is 4.11. The minimum atomic E-state index is -0.0662. The number of H-pyrrole nitrogens is 1. The number of rotatable bonds is 4. The highest BCUT2D eigenvalue weighted by Gasteiger charge is 2.11. The van der Waals surface area contributed by atoms with Crippen LogP contribution in [0.15, 0.2) is 23.1 Å². The highest BCUT2D eigenvalue weighted by molar-refractivity contribution is 8.00. The van der Waals surface area contributed by atoms with Crippen LogP contribution < -0.4 is 11.1 Å². The Labute approximate surface area is 122 Å². The molecule has 0 bridgehead atoms. The summed E-state index contributed by atoms with van der Waals surface area (Å²) in [5.41, 5.74) is 10.1. The third kappa shape index (κ3) is 3.14. The van der Waals surface area contributed by atoms with E-state index >= 15 is 0 Å². The monoisotopic (exact) mass is 290 g/mol. The van der Waals surface area contributed by atoms with Crippen LogP contribution >= 0.6 is 11.8 Å². The molecule has 1 amide bonds. The van der Waals surface area contributed by atoms with E-state index in [0.717, 1.165) is 33.2 Å². The van der Waals surface area contributed by atoms with Crippen molar-refractivity contribution >= 4 is 29.0 Å². The van der Waals surface area contributed by atoms with Crippen molar-refractivity contribution in [3.8, 4) is 0 Å². The van der Waals surface area contributed by atoms with Crippen LogP contribution in [0.5, 0.6) is 0 Å². The van der Waals surface area contributed by atoms with E-state index in [1.165, 1.54) is 11.8 Å². The fraction of sp³-hybridized carbons (Fsp3) is 0.286. The Hall–Kier alpha value is -1.95. The van der Waals surface area contributed by atoms with Crippen LogP contribution in [-0.2, 0) is 4.79 Å². The number of hydrogen-bond donors (Lipinski definition) is 3. The van der Waals surface area contributed by atoms with Gasteiger partial charge < -0.3 is 11.1 Å². The van der Waals surface area contributed by atoms with Crippen molar-refractivity contribution in [2.24, 2.45) is 0 Å². The van der Waals surface area contributed by atoms with Gasteiger partial charge in [-0.3, -0.25) is 9.89 Å². The molecule has 0 unspecified atom stereocenters. The predicted octanol–water partition coefficient (Wildman–Crippen LogP) is 2.65. The third-order valence-electron chi connectivity index (χ3n) is 3.04. The van der Waals surface area contributed by atoms with Gasteiger partial charge in [0.25, 0.3) is 0 Å². The Kier molecular flexibility index (Phi) is 4.34. The molecule has 0 fully saturated rings. The molecular formula is C14H18N4OS. The Bertz CT molecular complexity index is 617. The fourth-order valence-electron chi connectivity index (χ4n) is 1.83. The molecule has 20 heavy (non-hydrogen) atoms. The fourth-order valence-corrected chi connectivity index (χ4v) is 2.68. The summed E-state index contributed by atoms with van der Waals surface area (Å²) in [6.07, 6.45) is 0. The molecule has 0 aliphatic heterocycles. The van der Waals surface area contributed by atoms with Crippen molar-refractivity contribution in [1.29, 1.82) is 0 Å². The molecule has 2 aromatic rings. The van der Waals surface area contributed by atoms with Crippen LogP contribution in [0.2, 0.25) is 0 Å². The quantitative estimate of drug-likeness (QED) is 0.597. The Morgan fingerprint density at radius 1 is 1.40 bits per heavy atom. The van der Waals surface area contributed by atoms with Gasteiger partial charge in [0.05, 0.1) is 22.8 Å². The van der Waals surface area contributed by atoms with Crippen molar-refractivity contribution in [2.75, 3.05) is 16.8 Å². The van der Waals surface area contributed by atoms with E-state index in [1.54, 1.807) is 0 Å². The van der Waals surface area contributed by atoms with E-state index in [4.69, 9.17) is 5.73 Å². The first-order chi connectivity index (χ1) is 9.49. The number of anilines is 2. The molecule has 1 heterocycles.